The summed E-state index contributed by atoms with van der Waals surface area (Å²) in [6, 6.07) is 0. The van der Waals surface area contributed by atoms with E-state index < -0.39 is 11.9 Å². The van der Waals surface area contributed by atoms with Crippen LogP contribution in [0.1, 0.15) is 15.6 Å². The van der Waals surface area contributed by atoms with Gasteiger partial charge in [-0.3, -0.25) is 4.90 Å². The summed E-state index contributed by atoms with van der Waals surface area (Å²) in [6.07, 6.45) is 0.694. The molecule has 0 aliphatic carbocycles. The average Bonchev–Trinajstić information content (AvgIpc) is 2.46. The number of thiazole rings is 1. The van der Waals surface area contributed by atoms with Gasteiger partial charge in [0.15, 0.2) is 5.69 Å². The van der Waals surface area contributed by atoms with Gasteiger partial charge in [0.05, 0.1) is 16.4 Å². The van der Waals surface area contributed by atoms with Crippen molar-refractivity contribution in [3.05, 3.63) is 15.6 Å². The molecule has 0 unspecified atom stereocenters. The zero-order chi connectivity index (χ0) is 12.3. The minimum absolute atomic E-state index is 0.171. The summed E-state index contributed by atoms with van der Waals surface area (Å²) >= 11 is 1.05. The van der Waals surface area contributed by atoms with Crippen LogP contribution in [-0.2, 0) is 12.7 Å². The quantitative estimate of drug-likeness (QED) is 0.764. The Balaban J connectivity index is 2.92. The Hall–Kier alpha value is -1.06. The van der Waals surface area contributed by atoms with Gasteiger partial charge in [0.25, 0.3) is 0 Å². The molecule has 1 rings (SSSR count). The van der Waals surface area contributed by atoms with Gasteiger partial charge in [-0.15, -0.1) is 17.8 Å². The monoisotopic (exact) mass is 248 g/mol. The molecule has 1 aromatic heterocycles. The zero-order valence-electron chi connectivity index (χ0n) is 8.93. The van der Waals surface area contributed by atoms with Crippen molar-refractivity contribution < 1.29 is 13.2 Å². The highest BCUT2D eigenvalue weighted by Crippen LogP contribution is 2.34. The van der Waals surface area contributed by atoms with Crippen molar-refractivity contribution in [3.63, 3.8) is 0 Å². The van der Waals surface area contributed by atoms with Crippen LogP contribution in [0.25, 0.3) is 0 Å². The molecule has 0 fully saturated rings. The SMILES string of the molecule is C#CCN(C)Cc1sc(C)nc1C(F)(F)F. The van der Waals surface area contributed by atoms with Crippen molar-refractivity contribution in [1.29, 1.82) is 0 Å². The van der Waals surface area contributed by atoms with Gasteiger partial charge >= 0.3 is 6.18 Å². The Morgan fingerprint density at radius 1 is 1.50 bits per heavy atom. The van der Waals surface area contributed by atoms with Gasteiger partial charge < -0.3 is 0 Å². The highest BCUT2D eigenvalue weighted by atomic mass is 32.1. The molecular formula is C10H11F3N2S. The van der Waals surface area contributed by atoms with Gasteiger partial charge in [0.2, 0.25) is 0 Å². The molecule has 1 aromatic rings. The van der Waals surface area contributed by atoms with E-state index in [0.29, 0.717) is 11.6 Å². The molecule has 0 aliphatic rings. The lowest BCUT2D eigenvalue weighted by molar-refractivity contribution is -0.141. The number of halogens is 3. The Kier molecular flexibility index (Phi) is 3.94. The van der Waals surface area contributed by atoms with Crippen LogP contribution in [0, 0.1) is 19.3 Å². The van der Waals surface area contributed by atoms with Crippen molar-refractivity contribution in [2.45, 2.75) is 19.6 Å². The van der Waals surface area contributed by atoms with Crippen LogP contribution in [-0.4, -0.2) is 23.5 Å². The molecule has 0 aromatic carbocycles. The minimum atomic E-state index is -4.39. The van der Waals surface area contributed by atoms with E-state index in [4.69, 9.17) is 6.42 Å². The van der Waals surface area contributed by atoms with Crippen LogP contribution in [0.15, 0.2) is 0 Å². The van der Waals surface area contributed by atoms with E-state index in [1.54, 1.807) is 18.9 Å². The Labute approximate surface area is 96.1 Å². The largest absolute Gasteiger partial charge is 0.434 e. The lowest BCUT2D eigenvalue weighted by atomic mass is 10.3. The highest BCUT2D eigenvalue weighted by molar-refractivity contribution is 7.11. The Morgan fingerprint density at radius 2 is 2.12 bits per heavy atom. The first-order valence-electron chi connectivity index (χ1n) is 4.50. The fourth-order valence-corrected chi connectivity index (χ4v) is 2.29. The van der Waals surface area contributed by atoms with Gasteiger partial charge in [-0.1, -0.05) is 5.92 Å². The van der Waals surface area contributed by atoms with E-state index in [1.807, 2.05) is 0 Å². The molecule has 0 amide bonds. The van der Waals surface area contributed by atoms with Crippen LogP contribution in [0.5, 0.6) is 0 Å². The first-order valence-corrected chi connectivity index (χ1v) is 5.31. The van der Waals surface area contributed by atoms with E-state index in [9.17, 15) is 13.2 Å². The van der Waals surface area contributed by atoms with Gasteiger partial charge in [0.1, 0.15) is 0 Å². The van der Waals surface area contributed by atoms with Crippen molar-refractivity contribution in [2.75, 3.05) is 13.6 Å². The number of aromatic nitrogens is 1. The summed E-state index contributed by atoms with van der Waals surface area (Å²) in [5.74, 6) is 2.38. The second-order valence-corrected chi connectivity index (χ2v) is 4.67. The Morgan fingerprint density at radius 3 is 2.62 bits per heavy atom. The van der Waals surface area contributed by atoms with Crippen molar-refractivity contribution >= 4 is 11.3 Å². The third-order valence-corrected chi connectivity index (χ3v) is 2.80. The van der Waals surface area contributed by atoms with E-state index >= 15 is 0 Å². The highest BCUT2D eigenvalue weighted by Gasteiger charge is 2.37. The maximum Gasteiger partial charge on any atom is 0.434 e. The van der Waals surface area contributed by atoms with Crippen LogP contribution >= 0.6 is 11.3 Å². The standard InChI is InChI=1S/C10H11F3N2S/c1-4-5-15(3)6-8-9(10(11,12)13)14-7(2)16-8/h1H,5-6H2,2-3H3. The minimum Gasteiger partial charge on any atom is -0.290 e. The molecule has 0 atom stereocenters. The fourth-order valence-electron chi connectivity index (χ4n) is 1.25. The summed E-state index contributed by atoms with van der Waals surface area (Å²) in [4.78, 5) is 5.36. The van der Waals surface area contributed by atoms with Crippen molar-refractivity contribution in [2.24, 2.45) is 0 Å². The number of terminal acetylenes is 1. The summed E-state index contributed by atoms with van der Waals surface area (Å²) in [7, 11) is 1.68. The average molecular weight is 248 g/mol. The van der Waals surface area contributed by atoms with E-state index in [-0.39, 0.29) is 11.4 Å². The first-order chi connectivity index (χ1) is 7.34. The van der Waals surface area contributed by atoms with Gasteiger partial charge in [-0.05, 0) is 14.0 Å². The topological polar surface area (TPSA) is 16.1 Å². The molecule has 2 nitrogen and oxygen atoms in total. The lowest BCUT2D eigenvalue weighted by Gasteiger charge is -2.13. The maximum absolute atomic E-state index is 12.6. The van der Waals surface area contributed by atoms with Gasteiger partial charge in [-0.25, -0.2) is 4.98 Å². The zero-order valence-corrected chi connectivity index (χ0v) is 9.74. The van der Waals surface area contributed by atoms with E-state index in [1.165, 1.54) is 0 Å². The molecule has 1 heterocycles. The Bertz CT molecular complexity index is 403. The van der Waals surface area contributed by atoms with Crippen LogP contribution in [0.2, 0.25) is 0 Å². The molecule has 0 spiro atoms. The lowest BCUT2D eigenvalue weighted by Crippen LogP contribution is -2.19. The van der Waals surface area contributed by atoms with Crippen molar-refractivity contribution in [1.82, 2.24) is 9.88 Å². The number of alkyl halides is 3. The number of aryl methyl sites for hydroxylation is 1. The molecule has 6 heteroatoms. The first kappa shape index (κ1) is 13.0. The van der Waals surface area contributed by atoms with Gasteiger partial charge in [0, 0.05) is 6.54 Å². The van der Waals surface area contributed by atoms with E-state index in [2.05, 4.69) is 10.9 Å². The molecule has 0 saturated heterocycles. The second-order valence-electron chi connectivity index (χ2n) is 3.38. The fraction of sp³-hybridized carbons (Fsp3) is 0.500. The summed E-state index contributed by atoms with van der Waals surface area (Å²) in [6.45, 7) is 2.05. The molecule has 0 N–H and O–H groups in total. The molecule has 16 heavy (non-hydrogen) atoms. The van der Waals surface area contributed by atoms with Gasteiger partial charge in [-0.2, -0.15) is 13.2 Å². The normalized spacial score (nSPS) is 11.8. The number of rotatable bonds is 3. The smallest absolute Gasteiger partial charge is 0.290 e. The molecule has 0 aliphatic heterocycles. The van der Waals surface area contributed by atoms with Crippen LogP contribution < -0.4 is 0 Å². The second kappa shape index (κ2) is 4.85. The molecule has 0 saturated carbocycles. The van der Waals surface area contributed by atoms with Crippen molar-refractivity contribution in [3.8, 4) is 12.3 Å². The predicted molar refractivity (Wildman–Crippen MR) is 57.0 cm³/mol. The summed E-state index contributed by atoms with van der Waals surface area (Å²) in [5, 5.41) is 0.413. The summed E-state index contributed by atoms with van der Waals surface area (Å²) < 4.78 is 37.7. The summed E-state index contributed by atoms with van der Waals surface area (Å²) in [5.41, 5.74) is -0.793. The van der Waals surface area contributed by atoms with Crippen LogP contribution in [0.4, 0.5) is 13.2 Å². The molecule has 88 valence electrons. The number of hydrogen-bond donors (Lipinski definition) is 0. The third-order valence-electron chi connectivity index (χ3n) is 1.85. The number of nitrogens with zero attached hydrogens (tertiary/aromatic N) is 2. The van der Waals surface area contributed by atoms with E-state index in [0.717, 1.165) is 11.3 Å². The maximum atomic E-state index is 12.6. The number of hydrogen-bond acceptors (Lipinski definition) is 3. The van der Waals surface area contributed by atoms with Crippen LogP contribution in [0.3, 0.4) is 0 Å². The molecule has 0 radical (unpaired) electrons. The molecule has 0 bridgehead atoms. The third kappa shape index (κ3) is 3.22. The predicted octanol–water partition coefficient (Wildman–Crippen LogP) is 2.54. The molecular weight excluding hydrogens is 237 g/mol.